The number of anilines is 2. The van der Waals surface area contributed by atoms with Crippen molar-refractivity contribution >= 4 is 11.5 Å². The molecule has 0 atom stereocenters. The third-order valence-corrected chi connectivity index (χ3v) is 1.14. The first-order chi connectivity index (χ1) is 4.20. The first kappa shape index (κ1) is 5.88. The molecule has 0 unspecified atom stereocenters. The highest BCUT2D eigenvalue weighted by Gasteiger charge is 1.91. The molecule has 0 spiro atoms. The van der Waals surface area contributed by atoms with Gasteiger partial charge in [-0.2, -0.15) is 0 Å². The van der Waals surface area contributed by atoms with Crippen molar-refractivity contribution in [1.82, 2.24) is 4.98 Å². The summed E-state index contributed by atoms with van der Waals surface area (Å²) < 4.78 is 0. The Morgan fingerprint density at radius 1 is 1.44 bits per heavy atom. The van der Waals surface area contributed by atoms with Gasteiger partial charge in [-0.3, -0.25) is 0 Å². The van der Waals surface area contributed by atoms with E-state index in [9.17, 15) is 0 Å². The summed E-state index contributed by atoms with van der Waals surface area (Å²) in [4.78, 5) is 3.83. The van der Waals surface area contributed by atoms with E-state index in [1.54, 1.807) is 12.3 Å². The Kier molecular flexibility index (Phi) is 1.26. The third-order valence-electron chi connectivity index (χ3n) is 1.14. The highest BCUT2D eigenvalue weighted by molar-refractivity contribution is 5.47. The van der Waals surface area contributed by atoms with Crippen LogP contribution in [0, 0.1) is 6.92 Å². The molecule has 0 bridgehead atoms. The number of hydrogen-bond acceptors (Lipinski definition) is 3. The van der Waals surface area contributed by atoms with E-state index >= 15 is 0 Å². The van der Waals surface area contributed by atoms with Crippen molar-refractivity contribution in [2.45, 2.75) is 6.92 Å². The normalized spacial score (nSPS) is 9.44. The molecule has 0 aromatic carbocycles. The van der Waals surface area contributed by atoms with E-state index in [0.29, 0.717) is 11.5 Å². The number of hydrogen-bond donors (Lipinski definition) is 2. The maximum absolute atomic E-state index is 5.42. The monoisotopic (exact) mass is 123 g/mol. The number of nitrogen functional groups attached to an aromatic ring is 2. The Balaban J connectivity index is 3.17. The molecule has 48 valence electrons. The van der Waals surface area contributed by atoms with Gasteiger partial charge in [-0.25, -0.2) is 4.98 Å². The molecule has 1 heterocycles. The Hall–Kier alpha value is -1.25. The fraction of sp³-hybridized carbons (Fsp3) is 0.167. The Labute approximate surface area is 53.7 Å². The van der Waals surface area contributed by atoms with Gasteiger partial charge in [0.25, 0.3) is 0 Å². The lowest BCUT2D eigenvalue weighted by atomic mass is 10.3. The van der Waals surface area contributed by atoms with Gasteiger partial charge in [0.05, 0.1) is 11.9 Å². The second-order valence-corrected chi connectivity index (χ2v) is 1.97. The van der Waals surface area contributed by atoms with Crippen LogP contribution in [0.25, 0.3) is 0 Å². The fourth-order valence-corrected chi connectivity index (χ4v) is 0.607. The van der Waals surface area contributed by atoms with Crippen LogP contribution in [0.4, 0.5) is 11.5 Å². The number of aryl methyl sites for hydroxylation is 1. The Bertz CT molecular complexity index is 220. The highest BCUT2D eigenvalue weighted by atomic mass is 14.8. The van der Waals surface area contributed by atoms with Gasteiger partial charge in [0, 0.05) is 0 Å². The largest absolute Gasteiger partial charge is 0.397 e. The summed E-state index contributed by atoms with van der Waals surface area (Å²) >= 11 is 0. The van der Waals surface area contributed by atoms with Gasteiger partial charge >= 0.3 is 0 Å². The molecule has 0 aliphatic heterocycles. The molecule has 3 nitrogen and oxygen atoms in total. The lowest BCUT2D eigenvalue weighted by molar-refractivity contribution is 1.28. The molecule has 0 fully saturated rings. The zero-order valence-corrected chi connectivity index (χ0v) is 5.26. The van der Waals surface area contributed by atoms with Crippen molar-refractivity contribution in [1.29, 1.82) is 0 Å². The first-order valence-corrected chi connectivity index (χ1v) is 2.68. The van der Waals surface area contributed by atoms with Gasteiger partial charge in [0.1, 0.15) is 5.82 Å². The van der Waals surface area contributed by atoms with Gasteiger partial charge in [-0.1, -0.05) is 0 Å². The van der Waals surface area contributed by atoms with Crippen molar-refractivity contribution in [2.75, 3.05) is 11.5 Å². The molecule has 1 rings (SSSR count). The molecule has 4 N–H and O–H groups in total. The highest BCUT2D eigenvalue weighted by Crippen LogP contribution is 2.08. The van der Waals surface area contributed by atoms with E-state index < -0.39 is 0 Å². The number of nitrogens with two attached hydrogens (primary N) is 2. The van der Waals surface area contributed by atoms with Gasteiger partial charge in [0.2, 0.25) is 0 Å². The summed E-state index contributed by atoms with van der Waals surface area (Å²) in [5.74, 6) is 0.546. The molecule has 0 saturated heterocycles. The third kappa shape index (κ3) is 1.10. The number of nitrogens with zero attached hydrogens (tertiary/aromatic N) is 1. The van der Waals surface area contributed by atoms with Crippen LogP contribution in [0.1, 0.15) is 5.56 Å². The second kappa shape index (κ2) is 1.93. The average Bonchev–Trinajstić information content (AvgIpc) is 1.80. The van der Waals surface area contributed by atoms with Crippen LogP contribution in [-0.2, 0) is 0 Å². The molecule has 9 heavy (non-hydrogen) atoms. The zero-order chi connectivity index (χ0) is 6.85. The molecule has 1 aromatic heterocycles. The predicted molar refractivity (Wildman–Crippen MR) is 37.8 cm³/mol. The van der Waals surface area contributed by atoms with E-state index in [0.717, 1.165) is 5.56 Å². The van der Waals surface area contributed by atoms with Crippen molar-refractivity contribution < 1.29 is 0 Å². The number of pyridine rings is 1. The fourth-order valence-electron chi connectivity index (χ4n) is 0.607. The topological polar surface area (TPSA) is 64.9 Å². The van der Waals surface area contributed by atoms with Gasteiger partial charge in [-0.15, -0.1) is 0 Å². The van der Waals surface area contributed by atoms with E-state index in [-0.39, 0.29) is 0 Å². The van der Waals surface area contributed by atoms with Gasteiger partial charge < -0.3 is 11.5 Å². The van der Waals surface area contributed by atoms with E-state index in [2.05, 4.69) is 4.98 Å². The van der Waals surface area contributed by atoms with Crippen LogP contribution >= 0.6 is 0 Å². The van der Waals surface area contributed by atoms with Gasteiger partial charge in [-0.05, 0) is 18.6 Å². The SMILES string of the molecule is Cc1cc(N)cnc1N. The van der Waals surface area contributed by atoms with Crippen LogP contribution < -0.4 is 11.5 Å². The Morgan fingerprint density at radius 2 is 2.11 bits per heavy atom. The summed E-state index contributed by atoms with van der Waals surface area (Å²) in [6, 6.07) is 1.79. The molecular weight excluding hydrogens is 114 g/mol. The molecule has 0 saturated carbocycles. The minimum Gasteiger partial charge on any atom is -0.397 e. The lowest BCUT2D eigenvalue weighted by Gasteiger charge is -1.97. The average molecular weight is 123 g/mol. The minimum absolute atomic E-state index is 0.546. The summed E-state index contributed by atoms with van der Waals surface area (Å²) in [5, 5.41) is 0. The summed E-state index contributed by atoms with van der Waals surface area (Å²) in [6.07, 6.45) is 1.54. The van der Waals surface area contributed by atoms with Gasteiger partial charge in [0.15, 0.2) is 0 Å². The maximum Gasteiger partial charge on any atom is 0.126 e. The summed E-state index contributed by atoms with van der Waals surface area (Å²) in [7, 11) is 0. The van der Waals surface area contributed by atoms with Crippen molar-refractivity contribution in [2.24, 2.45) is 0 Å². The van der Waals surface area contributed by atoms with Crippen molar-refractivity contribution in [3.63, 3.8) is 0 Å². The number of rotatable bonds is 0. The van der Waals surface area contributed by atoms with Crippen LogP contribution in [0.15, 0.2) is 12.3 Å². The Morgan fingerprint density at radius 3 is 2.56 bits per heavy atom. The maximum atomic E-state index is 5.42. The molecule has 0 amide bonds. The van der Waals surface area contributed by atoms with Crippen LogP contribution in [0.2, 0.25) is 0 Å². The van der Waals surface area contributed by atoms with E-state index in [1.165, 1.54) is 0 Å². The smallest absolute Gasteiger partial charge is 0.126 e. The molecular formula is C6H9N3. The predicted octanol–water partition coefficient (Wildman–Crippen LogP) is 0.554. The summed E-state index contributed by atoms with van der Waals surface area (Å²) in [6.45, 7) is 1.87. The first-order valence-electron chi connectivity index (χ1n) is 2.68. The summed E-state index contributed by atoms with van der Waals surface area (Å²) in [5.41, 5.74) is 12.4. The lowest BCUT2D eigenvalue weighted by Crippen LogP contribution is -1.95. The standard InChI is InChI=1S/C6H9N3/c1-4-2-5(7)3-9-6(4)8/h2-3H,7H2,1H3,(H2,8,9). The van der Waals surface area contributed by atoms with Crippen LogP contribution in [0.5, 0.6) is 0 Å². The minimum atomic E-state index is 0.546. The zero-order valence-electron chi connectivity index (χ0n) is 5.26. The van der Waals surface area contributed by atoms with E-state index in [4.69, 9.17) is 11.5 Å². The molecule has 0 aliphatic rings. The quantitative estimate of drug-likeness (QED) is 0.529. The molecule has 0 radical (unpaired) electrons. The van der Waals surface area contributed by atoms with Crippen molar-refractivity contribution in [3.05, 3.63) is 17.8 Å². The molecule has 3 heteroatoms. The second-order valence-electron chi connectivity index (χ2n) is 1.97. The molecule has 1 aromatic rings. The van der Waals surface area contributed by atoms with Crippen molar-refractivity contribution in [3.8, 4) is 0 Å². The number of aromatic nitrogens is 1. The molecule has 0 aliphatic carbocycles. The van der Waals surface area contributed by atoms with Crippen LogP contribution in [-0.4, -0.2) is 4.98 Å². The van der Waals surface area contributed by atoms with Crippen LogP contribution in [0.3, 0.4) is 0 Å². The van der Waals surface area contributed by atoms with E-state index in [1.807, 2.05) is 6.92 Å².